The van der Waals surface area contributed by atoms with Gasteiger partial charge < -0.3 is 4.74 Å². The second-order valence-corrected chi connectivity index (χ2v) is 5.95. The number of nitrogens with zero attached hydrogens (tertiary/aromatic N) is 1. The van der Waals surface area contributed by atoms with Gasteiger partial charge in [0.2, 0.25) is 0 Å². The summed E-state index contributed by atoms with van der Waals surface area (Å²) in [6, 6.07) is 13.4. The van der Waals surface area contributed by atoms with Crippen molar-refractivity contribution in [1.29, 1.82) is 0 Å². The zero-order valence-corrected chi connectivity index (χ0v) is 14.2. The molecule has 0 atom stereocenters. The molecule has 0 unspecified atom stereocenters. The maximum atomic E-state index is 12.2. The molecule has 1 aliphatic heterocycles. The number of imide groups is 1. The van der Waals surface area contributed by atoms with Gasteiger partial charge in [0.15, 0.2) is 0 Å². The Kier molecular flexibility index (Phi) is 4.23. The standard InChI is InChI=1S/C20H17NO4/c1-12-4-10-17(11-5-12)25-20(24)15-6-8-16(9-7-15)21-18(22)13(2)14(3)19(21)23/h4-11H,1-3H3. The van der Waals surface area contributed by atoms with E-state index in [0.717, 1.165) is 10.5 Å². The number of carbonyl (C=O) groups is 3. The van der Waals surface area contributed by atoms with E-state index in [0.29, 0.717) is 28.1 Å². The van der Waals surface area contributed by atoms with Gasteiger partial charge >= 0.3 is 5.97 Å². The first-order chi connectivity index (χ1) is 11.9. The number of esters is 1. The van der Waals surface area contributed by atoms with Crippen LogP contribution in [-0.4, -0.2) is 17.8 Å². The molecular formula is C20H17NO4. The van der Waals surface area contributed by atoms with E-state index in [-0.39, 0.29) is 11.8 Å². The first-order valence-corrected chi connectivity index (χ1v) is 7.83. The maximum Gasteiger partial charge on any atom is 0.343 e. The molecule has 0 saturated carbocycles. The average molecular weight is 335 g/mol. The van der Waals surface area contributed by atoms with Crippen LogP contribution in [0, 0.1) is 6.92 Å². The van der Waals surface area contributed by atoms with Crippen molar-refractivity contribution in [1.82, 2.24) is 0 Å². The molecule has 0 aliphatic carbocycles. The van der Waals surface area contributed by atoms with Crippen LogP contribution in [0.3, 0.4) is 0 Å². The summed E-state index contributed by atoms with van der Waals surface area (Å²) in [7, 11) is 0. The van der Waals surface area contributed by atoms with Gasteiger partial charge in [-0.3, -0.25) is 9.59 Å². The molecular weight excluding hydrogens is 318 g/mol. The lowest BCUT2D eigenvalue weighted by Crippen LogP contribution is -2.31. The van der Waals surface area contributed by atoms with E-state index in [1.54, 1.807) is 38.1 Å². The number of hydrogen-bond donors (Lipinski definition) is 0. The third-order valence-electron chi connectivity index (χ3n) is 4.20. The molecule has 5 nitrogen and oxygen atoms in total. The van der Waals surface area contributed by atoms with Gasteiger partial charge in [0.1, 0.15) is 5.75 Å². The molecule has 0 fully saturated rings. The lowest BCUT2D eigenvalue weighted by atomic mass is 10.2. The molecule has 0 N–H and O–H groups in total. The van der Waals surface area contributed by atoms with Gasteiger partial charge in [0.25, 0.3) is 11.8 Å². The van der Waals surface area contributed by atoms with Crippen LogP contribution in [0.5, 0.6) is 5.75 Å². The Hall–Kier alpha value is -3.21. The third kappa shape index (κ3) is 3.08. The summed E-state index contributed by atoms with van der Waals surface area (Å²) in [5.41, 5.74) is 2.71. The fourth-order valence-corrected chi connectivity index (χ4v) is 2.50. The molecule has 2 amide bonds. The minimum atomic E-state index is -0.500. The Morgan fingerprint density at radius 3 is 1.84 bits per heavy atom. The van der Waals surface area contributed by atoms with Crippen LogP contribution in [0.4, 0.5) is 5.69 Å². The van der Waals surface area contributed by atoms with Gasteiger partial charge in [0, 0.05) is 11.1 Å². The van der Waals surface area contributed by atoms with Crippen molar-refractivity contribution >= 4 is 23.5 Å². The van der Waals surface area contributed by atoms with Crippen LogP contribution in [-0.2, 0) is 9.59 Å². The Labute approximate surface area is 145 Å². The van der Waals surface area contributed by atoms with Crippen molar-refractivity contribution in [3.8, 4) is 5.75 Å². The molecule has 25 heavy (non-hydrogen) atoms. The maximum absolute atomic E-state index is 12.2. The molecule has 0 saturated heterocycles. The van der Waals surface area contributed by atoms with Crippen molar-refractivity contribution in [2.75, 3.05) is 4.90 Å². The van der Waals surface area contributed by atoms with Gasteiger partial charge in [0.05, 0.1) is 11.3 Å². The molecule has 0 radical (unpaired) electrons. The number of rotatable bonds is 3. The molecule has 3 rings (SSSR count). The Morgan fingerprint density at radius 2 is 1.32 bits per heavy atom. The first-order valence-electron chi connectivity index (χ1n) is 7.83. The van der Waals surface area contributed by atoms with Gasteiger partial charge in [-0.2, -0.15) is 0 Å². The highest BCUT2D eigenvalue weighted by atomic mass is 16.5. The zero-order chi connectivity index (χ0) is 18.1. The molecule has 0 bridgehead atoms. The van der Waals surface area contributed by atoms with E-state index in [1.807, 2.05) is 19.1 Å². The highest BCUT2D eigenvalue weighted by Crippen LogP contribution is 2.27. The van der Waals surface area contributed by atoms with Gasteiger partial charge in [-0.15, -0.1) is 0 Å². The van der Waals surface area contributed by atoms with Crippen LogP contribution in [0.1, 0.15) is 29.8 Å². The zero-order valence-electron chi connectivity index (χ0n) is 14.2. The number of hydrogen-bond acceptors (Lipinski definition) is 4. The number of carbonyl (C=O) groups excluding carboxylic acids is 3. The van der Waals surface area contributed by atoms with E-state index in [1.165, 1.54) is 12.1 Å². The SMILES string of the molecule is CC1=C(C)C(=O)N(c2ccc(C(=O)Oc3ccc(C)cc3)cc2)C1=O. The van der Waals surface area contributed by atoms with E-state index in [9.17, 15) is 14.4 Å². The molecule has 1 aliphatic rings. The minimum absolute atomic E-state index is 0.336. The van der Waals surface area contributed by atoms with Crippen molar-refractivity contribution in [2.45, 2.75) is 20.8 Å². The quantitative estimate of drug-likeness (QED) is 0.490. The normalized spacial score (nSPS) is 14.3. The topological polar surface area (TPSA) is 63.7 Å². The van der Waals surface area contributed by atoms with Crippen LogP contribution in [0.25, 0.3) is 0 Å². The predicted octanol–water partition coefficient (Wildman–Crippen LogP) is 3.42. The number of aryl methyl sites for hydroxylation is 1. The Balaban J connectivity index is 1.76. The molecule has 0 aromatic heterocycles. The number of benzene rings is 2. The average Bonchev–Trinajstić information content (AvgIpc) is 2.80. The van der Waals surface area contributed by atoms with Crippen LogP contribution in [0.2, 0.25) is 0 Å². The van der Waals surface area contributed by atoms with E-state index in [4.69, 9.17) is 4.74 Å². The van der Waals surface area contributed by atoms with Crippen molar-refractivity contribution in [2.24, 2.45) is 0 Å². The predicted molar refractivity (Wildman–Crippen MR) is 93.4 cm³/mol. The van der Waals surface area contributed by atoms with E-state index < -0.39 is 5.97 Å². The van der Waals surface area contributed by atoms with Gasteiger partial charge in [-0.25, -0.2) is 9.69 Å². The summed E-state index contributed by atoms with van der Waals surface area (Å²) in [6.45, 7) is 5.20. The third-order valence-corrected chi connectivity index (χ3v) is 4.20. The number of amides is 2. The fraction of sp³-hybridized carbons (Fsp3) is 0.150. The summed E-state index contributed by atoms with van der Waals surface area (Å²) in [5, 5.41) is 0. The second-order valence-electron chi connectivity index (χ2n) is 5.95. The van der Waals surface area contributed by atoms with Gasteiger partial charge in [-0.1, -0.05) is 17.7 Å². The molecule has 0 spiro atoms. The minimum Gasteiger partial charge on any atom is -0.423 e. The van der Waals surface area contributed by atoms with Crippen molar-refractivity contribution in [3.63, 3.8) is 0 Å². The number of ether oxygens (including phenoxy) is 1. The summed E-state index contributed by atoms with van der Waals surface area (Å²) < 4.78 is 5.30. The van der Waals surface area contributed by atoms with Crippen LogP contribution >= 0.6 is 0 Å². The molecule has 126 valence electrons. The highest BCUT2D eigenvalue weighted by molar-refractivity contribution is 6.32. The summed E-state index contributed by atoms with van der Waals surface area (Å²) >= 11 is 0. The van der Waals surface area contributed by atoms with E-state index in [2.05, 4.69) is 0 Å². The molecule has 2 aromatic carbocycles. The lowest BCUT2D eigenvalue weighted by molar-refractivity contribution is -0.120. The monoisotopic (exact) mass is 335 g/mol. The fourth-order valence-electron chi connectivity index (χ4n) is 2.50. The summed E-state index contributed by atoms with van der Waals surface area (Å²) in [4.78, 5) is 37.6. The van der Waals surface area contributed by atoms with Crippen molar-refractivity contribution < 1.29 is 19.1 Å². The smallest absolute Gasteiger partial charge is 0.343 e. The van der Waals surface area contributed by atoms with Gasteiger partial charge in [-0.05, 0) is 57.2 Å². The largest absolute Gasteiger partial charge is 0.423 e. The van der Waals surface area contributed by atoms with Crippen molar-refractivity contribution in [3.05, 3.63) is 70.8 Å². The van der Waals surface area contributed by atoms with E-state index >= 15 is 0 Å². The van der Waals surface area contributed by atoms with Crippen LogP contribution < -0.4 is 9.64 Å². The molecule has 5 heteroatoms. The first kappa shape index (κ1) is 16.6. The summed E-state index contributed by atoms with van der Waals surface area (Å²) in [5.74, 6) is -0.713. The lowest BCUT2D eigenvalue weighted by Gasteiger charge is -2.15. The second kappa shape index (κ2) is 6.36. The number of anilines is 1. The molecule has 1 heterocycles. The Morgan fingerprint density at radius 1 is 0.800 bits per heavy atom. The summed E-state index contributed by atoms with van der Waals surface area (Å²) in [6.07, 6.45) is 0. The molecule has 2 aromatic rings. The highest BCUT2D eigenvalue weighted by Gasteiger charge is 2.34. The Bertz CT molecular complexity index is 868. The van der Waals surface area contributed by atoms with Crippen LogP contribution in [0.15, 0.2) is 59.7 Å².